The lowest BCUT2D eigenvalue weighted by Gasteiger charge is -2.14. The van der Waals surface area contributed by atoms with E-state index in [9.17, 15) is 18.0 Å². The number of hydrogen-bond acceptors (Lipinski definition) is 2. The quantitative estimate of drug-likeness (QED) is 0.725. The van der Waals surface area contributed by atoms with Crippen molar-refractivity contribution in [3.8, 4) is 0 Å². The zero-order valence-corrected chi connectivity index (χ0v) is 10.1. The second-order valence-electron chi connectivity index (χ2n) is 3.33. The van der Waals surface area contributed by atoms with Crippen molar-refractivity contribution in [3.05, 3.63) is 29.3 Å². The lowest BCUT2D eigenvalue weighted by Crippen LogP contribution is -2.25. The van der Waals surface area contributed by atoms with Crippen LogP contribution in [0.25, 0.3) is 0 Å². The molecule has 0 fully saturated rings. The van der Waals surface area contributed by atoms with Crippen molar-refractivity contribution < 1.29 is 18.0 Å². The molecule has 0 atom stereocenters. The average molecular weight is 277 g/mol. The summed E-state index contributed by atoms with van der Waals surface area (Å²) in [6.07, 6.45) is -4.60. The molecule has 1 aromatic rings. The van der Waals surface area contributed by atoms with E-state index in [0.717, 1.165) is 12.1 Å². The van der Waals surface area contributed by atoms with Gasteiger partial charge in [-0.05, 0) is 18.2 Å². The summed E-state index contributed by atoms with van der Waals surface area (Å²) in [5.74, 6) is 0. The molecular weight excluding hydrogens is 267 g/mol. The molecule has 4 N–H and O–H groups in total. The van der Waals surface area contributed by atoms with Crippen LogP contribution in [0.2, 0.25) is 0 Å². The van der Waals surface area contributed by atoms with E-state index in [1.165, 1.54) is 13.1 Å². The van der Waals surface area contributed by atoms with Crippen molar-refractivity contribution in [2.45, 2.75) is 6.18 Å². The Morgan fingerprint density at radius 2 is 2.00 bits per heavy atom. The van der Waals surface area contributed by atoms with E-state index in [1.54, 1.807) is 0 Å². The molecule has 1 rings (SSSR count). The van der Waals surface area contributed by atoms with Crippen LogP contribution in [-0.4, -0.2) is 18.1 Å². The number of urea groups is 1. The first-order chi connectivity index (χ1) is 8.25. The Balaban J connectivity index is 3.22. The van der Waals surface area contributed by atoms with Gasteiger partial charge in [0.2, 0.25) is 0 Å². The van der Waals surface area contributed by atoms with Gasteiger partial charge in [0.1, 0.15) is 4.99 Å². The van der Waals surface area contributed by atoms with Crippen LogP contribution in [0.3, 0.4) is 0 Å². The summed E-state index contributed by atoms with van der Waals surface area (Å²) in [5, 5.41) is 4.46. The maximum absolute atomic E-state index is 12.8. The van der Waals surface area contributed by atoms with Crippen molar-refractivity contribution >= 4 is 28.9 Å². The number of amides is 2. The Hall–Kier alpha value is -1.83. The van der Waals surface area contributed by atoms with Crippen LogP contribution in [0.5, 0.6) is 0 Å². The number of carbonyl (C=O) groups excluding carboxylic acids is 1. The van der Waals surface area contributed by atoms with Gasteiger partial charge in [-0.3, -0.25) is 0 Å². The maximum atomic E-state index is 12.8. The van der Waals surface area contributed by atoms with Gasteiger partial charge in [0, 0.05) is 18.3 Å². The highest BCUT2D eigenvalue weighted by Crippen LogP contribution is 2.33. The van der Waals surface area contributed by atoms with E-state index in [1.807, 2.05) is 0 Å². The average Bonchev–Trinajstić information content (AvgIpc) is 2.27. The molecule has 0 heterocycles. The second kappa shape index (κ2) is 5.21. The van der Waals surface area contributed by atoms with Crippen LogP contribution in [-0.2, 0) is 6.18 Å². The lowest BCUT2D eigenvalue weighted by atomic mass is 10.1. The Bertz CT molecular complexity index is 488. The third-order valence-corrected chi connectivity index (χ3v) is 2.30. The molecular formula is C10H10F3N3OS. The van der Waals surface area contributed by atoms with E-state index in [0.29, 0.717) is 0 Å². The standard InChI is InChI=1S/C10H10F3N3OS/c1-15-9(17)16-5-2-3-6(8(14)18)7(4-5)10(11,12)13/h2-4H,1H3,(H2,14,18)(H2,15,16,17). The van der Waals surface area contributed by atoms with Gasteiger partial charge >= 0.3 is 12.2 Å². The summed E-state index contributed by atoms with van der Waals surface area (Å²) < 4.78 is 38.3. The molecule has 0 aliphatic rings. The third-order valence-electron chi connectivity index (χ3n) is 2.08. The molecule has 98 valence electrons. The van der Waals surface area contributed by atoms with Gasteiger partial charge in [-0.15, -0.1) is 0 Å². The van der Waals surface area contributed by atoms with Gasteiger partial charge in [0.05, 0.1) is 5.56 Å². The van der Waals surface area contributed by atoms with Gasteiger partial charge < -0.3 is 16.4 Å². The predicted molar refractivity (Wildman–Crippen MR) is 65.4 cm³/mol. The number of hydrogen-bond donors (Lipinski definition) is 3. The molecule has 8 heteroatoms. The van der Waals surface area contributed by atoms with Gasteiger partial charge in [-0.25, -0.2) is 4.79 Å². The fraction of sp³-hybridized carbons (Fsp3) is 0.200. The first kappa shape index (κ1) is 14.2. The number of nitrogens with one attached hydrogen (secondary N) is 2. The summed E-state index contributed by atoms with van der Waals surface area (Å²) in [7, 11) is 1.35. The predicted octanol–water partition coefficient (Wildman–Crippen LogP) is 2.09. The van der Waals surface area contributed by atoms with Crippen molar-refractivity contribution in [1.29, 1.82) is 0 Å². The first-order valence-corrected chi connectivity index (χ1v) is 5.16. The molecule has 0 aromatic heterocycles. The van der Waals surface area contributed by atoms with E-state index < -0.39 is 17.8 Å². The summed E-state index contributed by atoms with van der Waals surface area (Å²) in [6, 6.07) is 2.57. The Morgan fingerprint density at radius 3 is 2.44 bits per heavy atom. The molecule has 0 radical (unpaired) electrons. The molecule has 0 aliphatic heterocycles. The molecule has 0 aliphatic carbocycles. The van der Waals surface area contributed by atoms with E-state index in [4.69, 9.17) is 5.73 Å². The third kappa shape index (κ3) is 3.33. The molecule has 0 spiro atoms. The molecule has 0 saturated carbocycles. The van der Waals surface area contributed by atoms with Crippen LogP contribution in [0.15, 0.2) is 18.2 Å². The SMILES string of the molecule is CNC(=O)Nc1ccc(C(N)=S)c(C(F)(F)F)c1. The van der Waals surface area contributed by atoms with Crippen molar-refractivity contribution in [1.82, 2.24) is 5.32 Å². The summed E-state index contributed by atoms with van der Waals surface area (Å²) >= 11 is 4.55. The highest BCUT2D eigenvalue weighted by atomic mass is 32.1. The number of carbonyl (C=O) groups is 1. The maximum Gasteiger partial charge on any atom is 0.417 e. The van der Waals surface area contributed by atoms with Crippen LogP contribution in [0.4, 0.5) is 23.7 Å². The number of rotatable bonds is 2. The smallest absolute Gasteiger partial charge is 0.389 e. The number of halogens is 3. The largest absolute Gasteiger partial charge is 0.417 e. The van der Waals surface area contributed by atoms with Crippen LogP contribution < -0.4 is 16.4 Å². The normalized spacial score (nSPS) is 10.9. The highest BCUT2D eigenvalue weighted by molar-refractivity contribution is 7.80. The number of alkyl halides is 3. The fourth-order valence-electron chi connectivity index (χ4n) is 1.26. The topological polar surface area (TPSA) is 67.2 Å². The number of anilines is 1. The molecule has 0 unspecified atom stereocenters. The lowest BCUT2D eigenvalue weighted by molar-refractivity contribution is -0.137. The number of nitrogens with two attached hydrogens (primary N) is 1. The monoisotopic (exact) mass is 277 g/mol. The Morgan fingerprint density at radius 1 is 1.39 bits per heavy atom. The zero-order valence-electron chi connectivity index (χ0n) is 9.26. The minimum atomic E-state index is -4.60. The van der Waals surface area contributed by atoms with Gasteiger partial charge in [0.15, 0.2) is 0 Å². The van der Waals surface area contributed by atoms with Gasteiger partial charge in [0.25, 0.3) is 0 Å². The summed E-state index contributed by atoms with van der Waals surface area (Å²) in [6.45, 7) is 0. The number of benzene rings is 1. The fourth-order valence-corrected chi connectivity index (χ4v) is 1.44. The summed E-state index contributed by atoms with van der Waals surface area (Å²) in [5.41, 5.74) is 3.96. The van der Waals surface area contributed by atoms with Crippen LogP contribution in [0, 0.1) is 0 Å². The minimum Gasteiger partial charge on any atom is -0.389 e. The molecule has 2 amide bonds. The second-order valence-corrected chi connectivity index (χ2v) is 3.77. The molecule has 1 aromatic carbocycles. The van der Waals surface area contributed by atoms with Gasteiger partial charge in [-0.1, -0.05) is 12.2 Å². The first-order valence-electron chi connectivity index (χ1n) is 4.75. The molecule has 4 nitrogen and oxygen atoms in total. The molecule has 18 heavy (non-hydrogen) atoms. The van der Waals surface area contributed by atoms with Crippen molar-refractivity contribution in [2.75, 3.05) is 12.4 Å². The van der Waals surface area contributed by atoms with Crippen molar-refractivity contribution in [3.63, 3.8) is 0 Å². The van der Waals surface area contributed by atoms with Crippen molar-refractivity contribution in [2.24, 2.45) is 5.73 Å². The zero-order chi connectivity index (χ0) is 13.9. The Kier molecular flexibility index (Phi) is 4.12. The van der Waals surface area contributed by atoms with Crippen LogP contribution in [0.1, 0.15) is 11.1 Å². The molecule has 0 bridgehead atoms. The minimum absolute atomic E-state index is 0.00155. The summed E-state index contributed by atoms with van der Waals surface area (Å²) in [4.78, 5) is 10.7. The Labute approximate surface area is 106 Å². The molecule has 0 saturated heterocycles. The van der Waals surface area contributed by atoms with Crippen LogP contribution >= 0.6 is 12.2 Å². The van der Waals surface area contributed by atoms with E-state index >= 15 is 0 Å². The van der Waals surface area contributed by atoms with E-state index in [2.05, 4.69) is 22.9 Å². The highest BCUT2D eigenvalue weighted by Gasteiger charge is 2.34. The van der Waals surface area contributed by atoms with E-state index in [-0.39, 0.29) is 16.2 Å². The van der Waals surface area contributed by atoms with Gasteiger partial charge in [-0.2, -0.15) is 13.2 Å². The number of thiocarbonyl (C=S) groups is 1.